The van der Waals surface area contributed by atoms with Gasteiger partial charge in [0.25, 0.3) is 0 Å². The van der Waals surface area contributed by atoms with Gasteiger partial charge in [0.05, 0.1) is 29.7 Å². The maximum absolute atomic E-state index is 13.5. The number of likely N-dealkylation sites (tertiary alicyclic amines) is 1. The SMILES string of the molecule is CC(C)(C)OC(=O)N1C[C@H](S(=O)(=O)c2ccc(C#N)cc2)[C@@]2(COC(C)(C)O2)C1. The molecule has 1 aromatic carbocycles. The van der Waals surface area contributed by atoms with Crippen LogP contribution in [0.15, 0.2) is 29.2 Å². The van der Waals surface area contributed by atoms with E-state index in [9.17, 15) is 13.2 Å². The van der Waals surface area contributed by atoms with Gasteiger partial charge in [-0.1, -0.05) is 0 Å². The van der Waals surface area contributed by atoms with Crippen LogP contribution in [0.5, 0.6) is 0 Å². The normalized spacial score (nSPS) is 26.5. The number of carbonyl (C=O) groups excluding carboxylic acids is 1. The van der Waals surface area contributed by atoms with Gasteiger partial charge < -0.3 is 19.1 Å². The molecule has 158 valence electrons. The average molecular weight is 423 g/mol. The Labute approximate surface area is 171 Å². The van der Waals surface area contributed by atoms with E-state index in [0.29, 0.717) is 5.56 Å². The summed E-state index contributed by atoms with van der Waals surface area (Å²) in [6.45, 7) is 8.69. The van der Waals surface area contributed by atoms with Crippen LogP contribution in [0, 0.1) is 11.3 Å². The number of carbonyl (C=O) groups is 1. The van der Waals surface area contributed by atoms with Crippen molar-refractivity contribution in [1.82, 2.24) is 4.90 Å². The van der Waals surface area contributed by atoms with Crippen molar-refractivity contribution in [2.24, 2.45) is 0 Å². The van der Waals surface area contributed by atoms with E-state index in [2.05, 4.69) is 0 Å². The van der Waals surface area contributed by atoms with Crippen molar-refractivity contribution in [2.45, 2.75) is 61.8 Å². The van der Waals surface area contributed by atoms with Crippen molar-refractivity contribution in [3.8, 4) is 6.07 Å². The molecule has 0 aromatic heterocycles. The Morgan fingerprint density at radius 2 is 1.90 bits per heavy atom. The van der Waals surface area contributed by atoms with Crippen LogP contribution in [0.2, 0.25) is 0 Å². The number of benzene rings is 1. The van der Waals surface area contributed by atoms with E-state index >= 15 is 0 Å². The average Bonchev–Trinajstić information content (AvgIpc) is 3.13. The molecule has 1 spiro atoms. The van der Waals surface area contributed by atoms with Gasteiger partial charge in [0.1, 0.15) is 16.5 Å². The summed E-state index contributed by atoms with van der Waals surface area (Å²) in [4.78, 5) is 14.1. The Morgan fingerprint density at radius 3 is 2.38 bits per heavy atom. The Balaban J connectivity index is 1.97. The largest absolute Gasteiger partial charge is 0.444 e. The molecule has 0 bridgehead atoms. The molecule has 2 fully saturated rings. The molecule has 3 rings (SSSR count). The molecule has 29 heavy (non-hydrogen) atoms. The molecule has 1 aromatic rings. The Kier molecular flexibility index (Phi) is 5.18. The van der Waals surface area contributed by atoms with Crippen LogP contribution in [-0.2, 0) is 24.0 Å². The zero-order valence-electron chi connectivity index (χ0n) is 17.3. The maximum atomic E-state index is 13.5. The predicted octanol–water partition coefficient (Wildman–Crippen LogP) is 2.47. The van der Waals surface area contributed by atoms with Gasteiger partial charge in [0.15, 0.2) is 15.6 Å². The van der Waals surface area contributed by atoms with Gasteiger partial charge in [0, 0.05) is 6.54 Å². The minimum Gasteiger partial charge on any atom is -0.444 e. The molecule has 0 N–H and O–H groups in total. The number of hydrogen-bond donors (Lipinski definition) is 0. The summed E-state index contributed by atoms with van der Waals surface area (Å²) in [5.74, 6) is -0.970. The first-order valence-corrected chi connectivity index (χ1v) is 10.9. The molecule has 0 aliphatic carbocycles. The van der Waals surface area contributed by atoms with Crippen LogP contribution in [0.3, 0.4) is 0 Å². The minimum absolute atomic E-state index is 0.0411. The lowest BCUT2D eigenvalue weighted by Crippen LogP contribution is -2.49. The van der Waals surface area contributed by atoms with Crippen LogP contribution < -0.4 is 0 Å². The highest BCUT2D eigenvalue weighted by Gasteiger charge is 2.61. The van der Waals surface area contributed by atoms with Gasteiger partial charge in [0.2, 0.25) is 0 Å². The van der Waals surface area contributed by atoms with Gasteiger partial charge in [-0.25, -0.2) is 13.2 Å². The first kappa shape index (κ1) is 21.6. The highest BCUT2D eigenvalue weighted by molar-refractivity contribution is 7.92. The van der Waals surface area contributed by atoms with E-state index in [1.54, 1.807) is 34.6 Å². The zero-order chi connectivity index (χ0) is 21.7. The molecule has 2 saturated heterocycles. The number of nitriles is 1. The summed E-state index contributed by atoms with van der Waals surface area (Å²) in [6, 6.07) is 7.68. The van der Waals surface area contributed by atoms with Crippen LogP contribution in [0.4, 0.5) is 4.79 Å². The number of ether oxygens (including phenoxy) is 3. The molecular weight excluding hydrogens is 396 g/mol. The summed E-state index contributed by atoms with van der Waals surface area (Å²) in [5, 5.41) is 7.93. The molecule has 1 amide bonds. The van der Waals surface area contributed by atoms with Gasteiger partial charge in [-0.05, 0) is 58.9 Å². The van der Waals surface area contributed by atoms with Crippen LogP contribution in [-0.4, -0.2) is 61.3 Å². The van der Waals surface area contributed by atoms with Crippen molar-refractivity contribution >= 4 is 15.9 Å². The van der Waals surface area contributed by atoms with E-state index in [-0.39, 0.29) is 24.6 Å². The molecule has 2 heterocycles. The molecule has 0 saturated carbocycles. The number of nitrogens with zero attached hydrogens (tertiary/aromatic N) is 2. The standard InChI is InChI=1S/C20H26N2O6S/c1-18(2,3)27-17(23)22-11-16(20(12-22)13-26-19(4,5)28-20)29(24,25)15-8-6-14(10-21)7-9-15/h6-9,16H,11-13H2,1-5H3/t16-,20-/m0/s1. The summed E-state index contributed by atoms with van der Waals surface area (Å²) >= 11 is 0. The third-order valence-electron chi connectivity index (χ3n) is 4.88. The third-order valence-corrected chi connectivity index (χ3v) is 7.14. The van der Waals surface area contributed by atoms with Gasteiger partial charge in [-0.15, -0.1) is 0 Å². The fraction of sp³-hybridized carbons (Fsp3) is 0.600. The number of hydrogen-bond acceptors (Lipinski definition) is 7. The zero-order valence-corrected chi connectivity index (χ0v) is 18.1. The highest BCUT2D eigenvalue weighted by atomic mass is 32.2. The quantitative estimate of drug-likeness (QED) is 0.721. The maximum Gasteiger partial charge on any atom is 0.410 e. The van der Waals surface area contributed by atoms with Crippen LogP contribution in [0.25, 0.3) is 0 Å². The second-order valence-electron chi connectivity index (χ2n) is 8.89. The van der Waals surface area contributed by atoms with Crippen LogP contribution in [0.1, 0.15) is 40.2 Å². The number of rotatable bonds is 2. The summed E-state index contributed by atoms with van der Waals surface area (Å²) in [6.07, 6.45) is -0.595. The van der Waals surface area contributed by atoms with Crippen LogP contribution >= 0.6 is 0 Å². The lowest BCUT2D eigenvalue weighted by molar-refractivity contribution is -0.157. The van der Waals surface area contributed by atoms with Crippen molar-refractivity contribution in [1.29, 1.82) is 5.26 Å². The second-order valence-corrected chi connectivity index (χ2v) is 11.0. The monoisotopic (exact) mass is 422 g/mol. The Bertz CT molecular complexity index is 943. The molecule has 2 aliphatic heterocycles. The van der Waals surface area contributed by atoms with Crippen molar-refractivity contribution in [3.63, 3.8) is 0 Å². The second kappa shape index (κ2) is 6.97. The Hall–Kier alpha value is -2.15. The minimum atomic E-state index is -3.88. The first-order chi connectivity index (χ1) is 13.3. The molecule has 2 atom stereocenters. The molecular formula is C20H26N2O6S. The molecule has 9 heteroatoms. The van der Waals surface area contributed by atoms with Gasteiger partial charge in [-0.2, -0.15) is 5.26 Å². The van der Waals surface area contributed by atoms with Crippen molar-refractivity contribution in [2.75, 3.05) is 19.7 Å². The topological polar surface area (TPSA) is 106 Å². The number of amides is 1. The smallest absolute Gasteiger partial charge is 0.410 e. The third kappa shape index (κ3) is 4.25. The summed E-state index contributed by atoms with van der Waals surface area (Å²) in [7, 11) is -3.88. The summed E-state index contributed by atoms with van der Waals surface area (Å²) in [5.41, 5.74) is -1.55. The summed E-state index contributed by atoms with van der Waals surface area (Å²) < 4.78 is 44.1. The Morgan fingerprint density at radius 1 is 1.28 bits per heavy atom. The molecule has 8 nitrogen and oxygen atoms in total. The van der Waals surface area contributed by atoms with E-state index in [1.807, 2.05) is 6.07 Å². The van der Waals surface area contributed by atoms with E-state index in [1.165, 1.54) is 29.2 Å². The lowest BCUT2D eigenvalue weighted by Gasteiger charge is -2.29. The highest BCUT2D eigenvalue weighted by Crippen LogP contribution is 2.42. The molecule has 2 aliphatic rings. The van der Waals surface area contributed by atoms with E-state index < -0.39 is 38.2 Å². The van der Waals surface area contributed by atoms with E-state index in [0.717, 1.165) is 0 Å². The lowest BCUT2D eigenvalue weighted by atomic mass is 10.0. The fourth-order valence-corrected chi connectivity index (χ4v) is 5.64. The van der Waals surface area contributed by atoms with Crippen molar-refractivity contribution in [3.05, 3.63) is 29.8 Å². The predicted molar refractivity (Wildman–Crippen MR) is 104 cm³/mol. The fourth-order valence-electron chi connectivity index (χ4n) is 3.67. The van der Waals surface area contributed by atoms with Gasteiger partial charge >= 0.3 is 6.09 Å². The van der Waals surface area contributed by atoms with Crippen molar-refractivity contribution < 1.29 is 27.4 Å². The van der Waals surface area contributed by atoms with E-state index in [4.69, 9.17) is 19.5 Å². The molecule has 0 unspecified atom stereocenters. The molecule has 0 radical (unpaired) electrons. The first-order valence-electron chi connectivity index (χ1n) is 9.34. The number of sulfone groups is 1. The van der Waals surface area contributed by atoms with Gasteiger partial charge in [-0.3, -0.25) is 0 Å².